The highest BCUT2D eigenvalue weighted by atomic mass is 16.5. The fourth-order valence-electron chi connectivity index (χ4n) is 4.34. The second-order valence-corrected chi connectivity index (χ2v) is 7.43. The van der Waals surface area contributed by atoms with Crippen LogP contribution in [0.1, 0.15) is 36.8 Å². The van der Waals surface area contributed by atoms with Crippen LogP contribution in [0.3, 0.4) is 0 Å². The SMILES string of the molecule is COc1ccc(C2=NN(Cc3ccccc3)C(=O)[C@H]3CCCC[C@@H]23)cc1OC. The molecule has 0 radical (unpaired) electrons. The van der Waals surface area contributed by atoms with Crippen LogP contribution in [0.15, 0.2) is 53.6 Å². The van der Waals surface area contributed by atoms with E-state index in [0.29, 0.717) is 18.0 Å². The van der Waals surface area contributed by atoms with Crippen LogP contribution in [-0.4, -0.2) is 30.8 Å². The molecule has 1 heterocycles. The van der Waals surface area contributed by atoms with E-state index in [-0.39, 0.29) is 17.7 Å². The number of carbonyl (C=O) groups excluding carboxylic acids is 1. The van der Waals surface area contributed by atoms with Gasteiger partial charge in [-0.25, -0.2) is 5.01 Å². The largest absolute Gasteiger partial charge is 0.493 e. The molecule has 146 valence electrons. The molecule has 0 N–H and O–H groups in total. The number of fused-ring (bicyclic) bond motifs is 1. The zero-order chi connectivity index (χ0) is 19.5. The average Bonchev–Trinajstić information content (AvgIpc) is 2.76. The van der Waals surface area contributed by atoms with Gasteiger partial charge in [-0.3, -0.25) is 4.79 Å². The van der Waals surface area contributed by atoms with Crippen LogP contribution in [0.5, 0.6) is 11.5 Å². The van der Waals surface area contributed by atoms with Gasteiger partial charge in [-0.15, -0.1) is 0 Å². The fraction of sp³-hybridized carbons (Fsp3) is 0.391. The molecule has 0 spiro atoms. The van der Waals surface area contributed by atoms with Crippen molar-refractivity contribution in [2.45, 2.75) is 32.2 Å². The Labute approximate surface area is 166 Å². The summed E-state index contributed by atoms with van der Waals surface area (Å²) in [5.41, 5.74) is 3.07. The first kappa shape index (κ1) is 18.5. The molecule has 0 aromatic heterocycles. The summed E-state index contributed by atoms with van der Waals surface area (Å²) >= 11 is 0. The van der Waals surface area contributed by atoms with Gasteiger partial charge in [0.1, 0.15) is 0 Å². The van der Waals surface area contributed by atoms with Gasteiger partial charge in [0.25, 0.3) is 0 Å². The second-order valence-electron chi connectivity index (χ2n) is 7.43. The van der Waals surface area contributed by atoms with E-state index in [1.807, 2.05) is 48.5 Å². The summed E-state index contributed by atoms with van der Waals surface area (Å²) in [5, 5.41) is 6.51. The highest BCUT2D eigenvalue weighted by molar-refractivity contribution is 6.07. The Morgan fingerprint density at radius 2 is 1.68 bits per heavy atom. The van der Waals surface area contributed by atoms with Crippen molar-refractivity contribution in [3.63, 3.8) is 0 Å². The van der Waals surface area contributed by atoms with Crippen LogP contribution < -0.4 is 9.47 Å². The van der Waals surface area contributed by atoms with Gasteiger partial charge in [-0.05, 0) is 36.6 Å². The minimum atomic E-state index is 0.0121. The van der Waals surface area contributed by atoms with E-state index in [9.17, 15) is 4.79 Å². The quantitative estimate of drug-likeness (QED) is 0.781. The van der Waals surface area contributed by atoms with Gasteiger partial charge in [0.15, 0.2) is 11.5 Å². The molecule has 1 fully saturated rings. The van der Waals surface area contributed by atoms with Gasteiger partial charge in [0.2, 0.25) is 5.91 Å². The molecule has 0 bridgehead atoms. The summed E-state index contributed by atoms with van der Waals surface area (Å²) in [4.78, 5) is 13.1. The first-order valence-corrected chi connectivity index (χ1v) is 9.87. The number of rotatable bonds is 5. The first-order valence-electron chi connectivity index (χ1n) is 9.87. The Balaban J connectivity index is 1.73. The molecule has 5 heteroatoms. The molecule has 2 aromatic carbocycles. The molecule has 2 atom stereocenters. The minimum Gasteiger partial charge on any atom is -0.493 e. The van der Waals surface area contributed by atoms with Gasteiger partial charge in [-0.2, -0.15) is 5.10 Å². The summed E-state index contributed by atoms with van der Waals surface area (Å²) < 4.78 is 10.9. The molecular formula is C23H26N2O3. The Morgan fingerprint density at radius 3 is 2.39 bits per heavy atom. The maximum atomic E-state index is 13.1. The lowest BCUT2D eigenvalue weighted by Gasteiger charge is -2.38. The predicted octanol–water partition coefficient (Wildman–Crippen LogP) is 4.26. The lowest BCUT2D eigenvalue weighted by atomic mass is 9.73. The molecule has 1 amide bonds. The summed E-state index contributed by atoms with van der Waals surface area (Å²) in [7, 11) is 3.27. The Morgan fingerprint density at radius 1 is 0.964 bits per heavy atom. The molecule has 1 aliphatic carbocycles. The Bertz CT molecular complexity index is 879. The van der Waals surface area contributed by atoms with Crippen LogP contribution >= 0.6 is 0 Å². The maximum absolute atomic E-state index is 13.1. The molecule has 2 aliphatic rings. The topological polar surface area (TPSA) is 51.1 Å². The smallest absolute Gasteiger partial charge is 0.246 e. The summed E-state index contributed by atoms with van der Waals surface area (Å²) in [6.45, 7) is 0.500. The van der Waals surface area contributed by atoms with Crippen molar-refractivity contribution < 1.29 is 14.3 Å². The molecule has 1 aliphatic heterocycles. The zero-order valence-corrected chi connectivity index (χ0v) is 16.4. The summed E-state index contributed by atoms with van der Waals surface area (Å²) in [5.74, 6) is 1.71. The number of methoxy groups -OCH3 is 2. The van der Waals surface area contributed by atoms with Crippen molar-refractivity contribution in [1.82, 2.24) is 5.01 Å². The number of carbonyl (C=O) groups is 1. The van der Waals surface area contributed by atoms with E-state index < -0.39 is 0 Å². The van der Waals surface area contributed by atoms with Crippen molar-refractivity contribution >= 4 is 11.6 Å². The van der Waals surface area contributed by atoms with Crippen LogP contribution in [0, 0.1) is 11.8 Å². The van der Waals surface area contributed by atoms with Gasteiger partial charge >= 0.3 is 0 Å². The first-order chi connectivity index (χ1) is 13.7. The van der Waals surface area contributed by atoms with E-state index in [1.165, 1.54) is 0 Å². The molecule has 28 heavy (non-hydrogen) atoms. The van der Waals surface area contributed by atoms with Crippen molar-refractivity contribution in [3.05, 3.63) is 59.7 Å². The van der Waals surface area contributed by atoms with Gasteiger partial charge < -0.3 is 9.47 Å². The number of benzene rings is 2. The molecule has 0 unspecified atom stereocenters. The molecule has 0 saturated heterocycles. The summed E-state index contributed by atoms with van der Waals surface area (Å²) in [6, 6.07) is 15.9. The van der Waals surface area contributed by atoms with Crippen molar-refractivity contribution in [2.75, 3.05) is 14.2 Å². The number of nitrogens with zero attached hydrogens (tertiary/aromatic N) is 2. The van der Waals surface area contributed by atoms with Crippen LogP contribution in [0.25, 0.3) is 0 Å². The average molecular weight is 378 g/mol. The van der Waals surface area contributed by atoms with Crippen molar-refractivity contribution in [1.29, 1.82) is 0 Å². The number of amides is 1. The van der Waals surface area contributed by atoms with E-state index in [1.54, 1.807) is 19.2 Å². The lowest BCUT2D eigenvalue weighted by Crippen LogP contribution is -2.45. The normalized spacial score (nSPS) is 21.7. The van der Waals surface area contributed by atoms with E-state index in [4.69, 9.17) is 14.6 Å². The highest BCUT2D eigenvalue weighted by Gasteiger charge is 2.41. The van der Waals surface area contributed by atoms with Gasteiger partial charge in [-0.1, -0.05) is 43.2 Å². The van der Waals surface area contributed by atoms with Crippen molar-refractivity contribution in [3.8, 4) is 11.5 Å². The van der Waals surface area contributed by atoms with Crippen molar-refractivity contribution in [2.24, 2.45) is 16.9 Å². The Hall–Kier alpha value is -2.82. The monoisotopic (exact) mass is 378 g/mol. The number of hydrogen-bond acceptors (Lipinski definition) is 4. The minimum absolute atomic E-state index is 0.0121. The maximum Gasteiger partial charge on any atom is 0.246 e. The molecular weight excluding hydrogens is 352 g/mol. The molecule has 4 rings (SSSR count). The zero-order valence-electron chi connectivity index (χ0n) is 16.4. The summed E-state index contributed by atoms with van der Waals surface area (Å²) in [6.07, 6.45) is 4.18. The number of ether oxygens (including phenoxy) is 2. The number of hydrogen-bond donors (Lipinski definition) is 0. The third kappa shape index (κ3) is 3.49. The molecule has 5 nitrogen and oxygen atoms in total. The predicted molar refractivity (Wildman–Crippen MR) is 109 cm³/mol. The van der Waals surface area contributed by atoms with Crippen LogP contribution in [0.4, 0.5) is 0 Å². The lowest BCUT2D eigenvalue weighted by molar-refractivity contribution is -0.139. The van der Waals surface area contributed by atoms with E-state index in [2.05, 4.69) is 0 Å². The van der Waals surface area contributed by atoms with Gasteiger partial charge in [0, 0.05) is 17.4 Å². The Kier molecular flexibility index (Phi) is 5.33. The van der Waals surface area contributed by atoms with Gasteiger partial charge in [0.05, 0.1) is 26.5 Å². The standard InChI is InChI=1S/C23H26N2O3/c1-27-20-13-12-17(14-21(20)28-2)22-18-10-6-7-11-19(18)23(26)25(24-22)15-16-8-4-3-5-9-16/h3-5,8-9,12-14,18-19H,6-7,10-11,15H2,1-2H3/t18-,19+/m1/s1. The van der Waals surface area contributed by atoms with Crippen LogP contribution in [0.2, 0.25) is 0 Å². The number of hydrazone groups is 1. The third-order valence-electron chi connectivity index (χ3n) is 5.77. The fourth-order valence-corrected chi connectivity index (χ4v) is 4.34. The van der Waals surface area contributed by atoms with E-state index in [0.717, 1.165) is 42.5 Å². The molecule has 2 aromatic rings. The molecule has 1 saturated carbocycles. The third-order valence-corrected chi connectivity index (χ3v) is 5.77. The van der Waals surface area contributed by atoms with E-state index >= 15 is 0 Å². The highest BCUT2D eigenvalue weighted by Crippen LogP contribution is 2.39. The second kappa shape index (κ2) is 8.05. The van der Waals surface area contributed by atoms with Crippen LogP contribution in [-0.2, 0) is 11.3 Å².